The van der Waals surface area contributed by atoms with Gasteiger partial charge < -0.3 is 0 Å². The molecule has 100 valence electrons. The molecule has 0 radical (unpaired) electrons. The standard InChI is InChI=1S/Eu.3Mn.12O/q+3;;;;;;;;;;;;;3*-1. The van der Waals surface area contributed by atoms with Crippen LogP contribution in [-0.2, 0) is 73.4 Å². The van der Waals surface area contributed by atoms with Gasteiger partial charge in [0.1, 0.15) is 0 Å². The molecular weight excluding hydrogens is 509 g/mol. The molecule has 0 saturated heterocycles. The summed E-state index contributed by atoms with van der Waals surface area (Å²) in [7, 11) is 0. The summed E-state index contributed by atoms with van der Waals surface area (Å²) in [5.41, 5.74) is 0. The fourth-order valence-corrected chi connectivity index (χ4v) is 0. The van der Waals surface area contributed by atoms with Crippen molar-refractivity contribution in [2.24, 2.45) is 0 Å². The molecule has 0 aromatic rings. The van der Waals surface area contributed by atoms with E-state index in [2.05, 4.69) is 0 Å². The van der Waals surface area contributed by atoms with Gasteiger partial charge in [0.05, 0.1) is 0 Å². The van der Waals surface area contributed by atoms with Crippen molar-refractivity contribution in [1.29, 1.82) is 0 Å². The van der Waals surface area contributed by atoms with Crippen LogP contribution in [0.5, 0.6) is 0 Å². The van der Waals surface area contributed by atoms with E-state index in [0.717, 1.165) is 0 Å². The SMILES string of the molecule is [Eu+3].[O]=[Mn](=[O])(=[O])[O-].[O]=[Mn](=[O])(=[O])[O-].[O]=[Mn](=[O])(=[O])[O-]. The quantitative estimate of drug-likeness (QED) is 0.282. The van der Waals surface area contributed by atoms with E-state index in [0.29, 0.717) is 0 Å². The Kier molecular flexibility index (Phi) is 16.5. The predicted octanol–water partition coefficient (Wildman–Crippen LogP) is -4.64. The summed E-state index contributed by atoms with van der Waals surface area (Å²) in [6.45, 7) is 0. The molecule has 0 aromatic carbocycles. The molecule has 16 heavy (non-hydrogen) atoms. The summed E-state index contributed by atoms with van der Waals surface area (Å²) in [6, 6.07) is 0. The normalized spacial score (nSPS) is 10.7. The molecule has 0 aliphatic rings. The minimum atomic E-state index is -5.62. The molecule has 0 aliphatic carbocycles. The molecule has 0 fully saturated rings. The van der Waals surface area contributed by atoms with Gasteiger partial charge in [0.15, 0.2) is 0 Å². The molecule has 0 N–H and O–H groups in total. The Morgan fingerprint density at radius 2 is 0.438 bits per heavy atom. The Morgan fingerprint density at radius 1 is 0.438 bits per heavy atom. The molecule has 0 atom stereocenters. The molecule has 0 heterocycles. The second-order valence-corrected chi connectivity index (χ2v) is 4.68. The molecule has 0 unspecified atom stereocenters. The van der Waals surface area contributed by atoms with Gasteiger partial charge in [-0.3, -0.25) is 0 Å². The van der Waals surface area contributed by atoms with Crippen LogP contribution in [0.1, 0.15) is 0 Å². The van der Waals surface area contributed by atoms with E-state index in [1.165, 1.54) is 0 Å². The Hall–Kier alpha value is 1.22. The van der Waals surface area contributed by atoms with Crippen LogP contribution in [0.2, 0.25) is 0 Å². The zero-order chi connectivity index (χ0) is 13.5. The van der Waals surface area contributed by atoms with Crippen molar-refractivity contribution >= 4 is 0 Å². The van der Waals surface area contributed by atoms with Crippen LogP contribution in [0.25, 0.3) is 0 Å². The molecule has 16 heteroatoms. The van der Waals surface area contributed by atoms with Gasteiger partial charge in [0.2, 0.25) is 0 Å². The molecule has 0 rings (SSSR count). The fraction of sp³-hybridized carbons (Fsp3) is 0. The van der Waals surface area contributed by atoms with Crippen LogP contribution in [0.15, 0.2) is 0 Å². The molecule has 0 saturated carbocycles. The molecule has 0 spiro atoms. The Morgan fingerprint density at radius 3 is 0.438 bits per heavy atom. The third-order valence-corrected chi connectivity index (χ3v) is 0. The zero-order valence-corrected chi connectivity index (χ0v) is 12.4. The van der Waals surface area contributed by atoms with Crippen LogP contribution in [0.4, 0.5) is 0 Å². The molecular formula is EuMn3O12. The van der Waals surface area contributed by atoms with E-state index in [-0.39, 0.29) is 49.4 Å². The summed E-state index contributed by atoms with van der Waals surface area (Å²) in [6.07, 6.45) is 0. The third-order valence-electron chi connectivity index (χ3n) is 0. The van der Waals surface area contributed by atoms with Crippen molar-refractivity contribution in [3.63, 3.8) is 0 Å². The van der Waals surface area contributed by atoms with Gasteiger partial charge in [-0.2, -0.15) is 0 Å². The number of rotatable bonds is 0. The van der Waals surface area contributed by atoms with Gasteiger partial charge in [0.25, 0.3) is 0 Å². The Bertz CT molecular complexity index is 480. The van der Waals surface area contributed by atoms with Crippen LogP contribution in [0, 0.1) is 49.4 Å². The maximum atomic E-state index is 8.58. The van der Waals surface area contributed by atoms with E-state index in [9.17, 15) is 0 Å². The number of hydrogen-bond donors (Lipinski definition) is 0. The van der Waals surface area contributed by atoms with Gasteiger partial charge in [-0.15, -0.1) is 0 Å². The monoisotopic (exact) mass is 510 g/mol. The summed E-state index contributed by atoms with van der Waals surface area (Å²) >= 11 is -16.9. The van der Waals surface area contributed by atoms with E-state index < -0.39 is 38.9 Å². The van der Waals surface area contributed by atoms with Crippen molar-refractivity contribution in [1.82, 2.24) is 0 Å². The van der Waals surface area contributed by atoms with E-state index in [1.807, 2.05) is 0 Å². The first-order valence-corrected chi connectivity index (χ1v) is 7.63. The maximum absolute atomic E-state index is 8.58. The first-order chi connectivity index (χ1) is 6.00. The van der Waals surface area contributed by atoms with Crippen LogP contribution in [0.3, 0.4) is 0 Å². The predicted molar refractivity (Wildman–Crippen MR) is 6.18 cm³/mol. The first kappa shape index (κ1) is 25.9. The molecule has 12 nitrogen and oxygen atoms in total. The minimum absolute atomic E-state index is 0. The third kappa shape index (κ3) is 2060. The first-order valence-electron chi connectivity index (χ1n) is 1.85. The summed E-state index contributed by atoms with van der Waals surface area (Å²) < 4.78 is 103. The summed E-state index contributed by atoms with van der Waals surface area (Å²) in [4.78, 5) is 0. The number of hydrogen-bond acceptors (Lipinski definition) is 12. The average Bonchev–Trinajstić information content (AvgIpc) is 1.41. The molecule has 0 bridgehead atoms. The molecule has 0 aromatic heterocycles. The van der Waals surface area contributed by atoms with Gasteiger partial charge in [-0.05, 0) is 0 Å². The summed E-state index contributed by atoms with van der Waals surface area (Å²) in [5.74, 6) is 0. The van der Waals surface area contributed by atoms with Gasteiger partial charge in [-0.1, -0.05) is 0 Å². The Balaban J connectivity index is -0.0000000655. The van der Waals surface area contributed by atoms with Crippen molar-refractivity contribution < 1.29 is 135 Å². The van der Waals surface area contributed by atoms with E-state index >= 15 is 0 Å². The average molecular weight is 509 g/mol. The van der Waals surface area contributed by atoms with Gasteiger partial charge in [-0.25, -0.2) is 0 Å². The van der Waals surface area contributed by atoms with Crippen LogP contribution in [-0.4, -0.2) is 0 Å². The second kappa shape index (κ2) is 10.2. The second-order valence-electron chi connectivity index (χ2n) is 1.13. The van der Waals surface area contributed by atoms with Gasteiger partial charge >= 0.3 is 135 Å². The Labute approximate surface area is 133 Å². The fourth-order valence-electron chi connectivity index (χ4n) is 0. The topological polar surface area (TPSA) is 223 Å². The zero-order valence-electron chi connectivity index (χ0n) is 6.41. The van der Waals surface area contributed by atoms with Crippen molar-refractivity contribution in [2.75, 3.05) is 0 Å². The molecule has 0 amide bonds. The van der Waals surface area contributed by atoms with Crippen molar-refractivity contribution in [3.8, 4) is 0 Å². The van der Waals surface area contributed by atoms with Crippen molar-refractivity contribution in [2.45, 2.75) is 0 Å². The molecule has 0 aliphatic heterocycles. The van der Waals surface area contributed by atoms with Crippen molar-refractivity contribution in [3.05, 3.63) is 0 Å². The van der Waals surface area contributed by atoms with Crippen LogP contribution >= 0.6 is 0 Å². The van der Waals surface area contributed by atoms with E-state index in [1.54, 1.807) is 0 Å². The van der Waals surface area contributed by atoms with E-state index in [4.69, 9.17) is 47.1 Å². The summed E-state index contributed by atoms with van der Waals surface area (Å²) in [5, 5.41) is 0. The van der Waals surface area contributed by atoms with Gasteiger partial charge in [0, 0.05) is 0 Å². The van der Waals surface area contributed by atoms with Crippen LogP contribution < -0.4 is 12.6 Å².